The van der Waals surface area contributed by atoms with Gasteiger partial charge in [0, 0.05) is 18.3 Å². The first-order valence-electron chi connectivity index (χ1n) is 7.36. The first-order chi connectivity index (χ1) is 11.7. The molecule has 2 aromatic rings. The number of sulfonamides is 1. The molecule has 2 N–H and O–H groups in total. The van der Waals surface area contributed by atoms with Crippen molar-refractivity contribution >= 4 is 27.3 Å². The van der Waals surface area contributed by atoms with Crippen molar-refractivity contribution in [2.45, 2.75) is 19.9 Å². The van der Waals surface area contributed by atoms with E-state index in [1.807, 2.05) is 11.6 Å². The summed E-state index contributed by atoms with van der Waals surface area (Å²) < 4.78 is 39.3. The van der Waals surface area contributed by atoms with Crippen LogP contribution in [0.2, 0.25) is 0 Å². The molecule has 0 aliphatic carbocycles. The van der Waals surface area contributed by atoms with Gasteiger partial charge in [-0.05, 0) is 30.7 Å². The molecular formula is C15H17FN4O4S. The van der Waals surface area contributed by atoms with Crippen LogP contribution in [-0.2, 0) is 16.6 Å². The third-order valence-corrected chi connectivity index (χ3v) is 3.64. The molecule has 0 spiro atoms. The van der Waals surface area contributed by atoms with Gasteiger partial charge in [0.25, 0.3) is 11.5 Å². The Morgan fingerprint density at radius 1 is 1.28 bits per heavy atom. The zero-order valence-electron chi connectivity index (χ0n) is 13.6. The van der Waals surface area contributed by atoms with Gasteiger partial charge in [-0.2, -0.15) is 5.10 Å². The predicted octanol–water partition coefficient (Wildman–Crippen LogP) is 1.42. The Labute approximate surface area is 143 Å². The van der Waals surface area contributed by atoms with Gasteiger partial charge >= 0.3 is 0 Å². The fraction of sp³-hybridized carbons (Fsp3) is 0.267. The Hall–Kier alpha value is -2.75. The van der Waals surface area contributed by atoms with Crippen molar-refractivity contribution < 1.29 is 17.6 Å². The molecule has 0 unspecified atom stereocenters. The van der Waals surface area contributed by atoms with Gasteiger partial charge in [0.2, 0.25) is 10.0 Å². The summed E-state index contributed by atoms with van der Waals surface area (Å²) in [6.07, 6.45) is 1.56. The Morgan fingerprint density at radius 3 is 2.64 bits per heavy atom. The molecule has 1 heterocycles. The molecule has 0 aliphatic rings. The van der Waals surface area contributed by atoms with Crippen LogP contribution in [0.5, 0.6) is 0 Å². The van der Waals surface area contributed by atoms with Crippen molar-refractivity contribution in [1.82, 2.24) is 9.78 Å². The quantitative estimate of drug-likeness (QED) is 0.801. The van der Waals surface area contributed by atoms with Crippen molar-refractivity contribution in [3.63, 3.8) is 0 Å². The molecule has 10 heteroatoms. The summed E-state index contributed by atoms with van der Waals surface area (Å²) in [5, 5.41) is 6.45. The van der Waals surface area contributed by atoms with Crippen LogP contribution in [-0.4, -0.2) is 30.4 Å². The minimum absolute atomic E-state index is 0.00926. The van der Waals surface area contributed by atoms with Crippen LogP contribution in [0.25, 0.3) is 0 Å². The molecule has 1 aromatic heterocycles. The molecule has 8 nitrogen and oxygen atoms in total. The molecule has 25 heavy (non-hydrogen) atoms. The van der Waals surface area contributed by atoms with Gasteiger partial charge in [-0.1, -0.05) is 6.92 Å². The lowest BCUT2D eigenvalue weighted by atomic mass is 10.2. The van der Waals surface area contributed by atoms with E-state index in [2.05, 4.69) is 10.4 Å². The number of halogens is 1. The number of hydrogen-bond donors (Lipinski definition) is 2. The van der Waals surface area contributed by atoms with E-state index >= 15 is 0 Å². The van der Waals surface area contributed by atoms with Crippen LogP contribution in [0.3, 0.4) is 0 Å². The van der Waals surface area contributed by atoms with Gasteiger partial charge in [0.15, 0.2) is 0 Å². The number of rotatable bonds is 6. The summed E-state index contributed by atoms with van der Waals surface area (Å²) in [6.45, 7) is 2.24. The maximum absolute atomic E-state index is 13.7. The normalized spacial score (nSPS) is 11.2. The van der Waals surface area contributed by atoms with E-state index in [1.54, 1.807) is 0 Å². The lowest BCUT2D eigenvalue weighted by molar-refractivity contribution is 0.101. The highest BCUT2D eigenvalue weighted by Crippen LogP contribution is 2.20. The van der Waals surface area contributed by atoms with Gasteiger partial charge in [0.05, 0.1) is 11.9 Å². The molecule has 1 aromatic carbocycles. The van der Waals surface area contributed by atoms with Gasteiger partial charge in [-0.3, -0.25) is 14.3 Å². The lowest BCUT2D eigenvalue weighted by Crippen LogP contribution is -2.26. The van der Waals surface area contributed by atoms with E-state index in [-0.39, 0.29) is 22.6 Å². The summed E-state index contributed by atoms with van der Waals surface area (Å²) in [7, 11) is -3.67. The van der Waals surface area contributed by atoms with Crippen molar-refractivity contribution in [3.8, 4) is 0 Å². The third-order valence-electron chi connectivity index (χ3n) is 3.05. The topological polar surface area (TPSA) is 110 Å². The number of amides is 1. The minimum Gasteiger partial charge on any atom is -0.321 e. The van der Waals surface area contributed by atoms with Crippen LogP contribution in [0.1, 0.15) is 23.8 Å². The molecule has 0 atom stereocenters. The summed E-state index contributed by atoms with van der Waals surface area (Å²) >= 11 is 0. The fourth-order valence-electron chi connectivity index (χ4n) is 2.02. The molecule has 1 amide bonds. The van der Waals surface area contributed by atoms with Crippen LogP contribution >= 0.6 is 0 Å². The Kier molecular flexibility index (Phi) is 5.52. The molecule has 0 bridgehead atoms. The second-order valence-corrected chi connectivity index (χ2v) is 7.05. The first-order valence-corrected chi connectivity index (χ1v) is 9.25. The summed E-state index contributed by atoms with van der Waals surface area (Å²) in [4.78, 5) is 23.9. The second-order valence-electron chi connectivity index (χ2n) is 5.30. The van der Waals surface area contributed by atoms with Crippen LogP contribution in [0, 0.1) is 5.82 Å². The number of hydrogen-bond acceptors (Lipinski definition) is 5. The SMILES string of the molecule is CCCn1nc(C(=O)Nc2ccc(F)c(NS(C)(=O)=O)c2)ccc1=O. The number of benzene rings is 1. The van der Waals surface area contributed by atoms with Crippen molar-refractivity contribution in [3.05, 3.63) is 52.2 Å². The molecule has 0 saturated carbocycles. The van der Waals surface area contributed by atoms with E-state index in [1.165, 1.54) is 22.9 Å². The minimum atomic E-state index is -3.67. The zero-order chi connectivity index (χ0) is 18.6. The molecule has 2 rings (SSSR count). The van der Waals surface area contributed by atoms with Gasteiger partial charge in [-0.25, -0.2) is 17.5 Å². The molecule has 0 fully saturated rings. The average molecular weight is 368 g/mol. The molecule has 0 saturated heterocycles. The monoisotopic (exact) mass is 368 g/mol. The number of anilines is 2. The lowest BCUT2D eigenvalue weighted by Gasteiger charge is -2.10. The number of aromatic nitrogens is 2. The number of aryl methyl sites for hydroxylation is 1. The number of carbonyl (C=O) groups is 1. The van der Waals surface area contributed by atoms with Crippen molar-refractivity contribution in [1.29, 1.82) is 0 Å². The molecule has 134 valence electrons. The van der Waals surface area contributed by atoms with Gasteiger partial charge in [0.1, 0.15) is 11.5 Å². The maximum Gasteiger partial charge on any atom is 0.276 e. The maximum atomic E-state index is 13.7. The summed E-state index contributed by atoms with van der Waals surface area (Å²) in [6, 6.07) is 5.97. The number of carbonyl (C=O) groups excluding carboxylic acids is 1. The number of nitrogens with zero attached hydrogens (tertiary/aromatic N) is 2. The highest BCUT2D eigenvalue weighted by Gasteiger charge is 2.13. The molecule has 0 aliphatic heterocycles. The van der Waals surface area contributed by atoms with Crippen LogP contribution < -0.4 is 15.6 Å². The highest BCUT2D eigenvalue weighted by molar-refractivity contribution is 7.92. The molecule has 0 radical (unpaired) electrons. The average Bonchev–Trinajstić information content (AvgIpc) is 2.51. The Morgan fingerprint density at radius 2 is 2.00 bits per heavy atom. The Bertz CT molecular complexity index is 956. The summed E-state index contributed by atoms with van der Waals surface area (Å²) in [5.41, 5.74) is -0.424. The third kappa shape index (κ3) is 5.11. The van der Waals surface area contributed by atoms with E-state index in [0.717, 1.165) is 18.4 Å². The van der Waals surface area contributed by atoms with Gasteiger partial charge < -0.3 is 5.32 Å². The largest absolute Gasteiger partial charge is 0.321 e. The second kappa shape index (κ2) is 7.43. The highest BCUT2D eigenvalue weighted by atomic mass is 32.2. The number of nitrogens with one attached hydrogen (secondary N) is 2. The fourth-order valence-corrected chi connectivity index (χ4v) is 2.57. The van der Waals surface area contributed by atoms with E-state index in [4.69, 9.17) is 0 Å². The van der Waals surface area contributed by atoms with Gasteiger partial charge in [-0.15, -0.1) is 0 Å². The van der Waals surface area contributed by atoms with E-state index in [0.29, 0.717) is 13.0 Å². The van der Waals surface area contributed by atoms with Crippen LogP contribution in [0.15, 0.2) is 35.1 Å². The van der Waals surface area contributed by atoms with E-state index in [9.17, 15) is 22.4 Å². The zero-order valence-corrected chi connectivity index (χ0v) is 14.4. The van der Waals surface area contributed by atoms with Crippen molar-refractivity contribution in [2.24, 2.45) is 0 Å². The van der Waals surface area contributed by atoms with Crippen molar-refractivity contribution in [2.75, 3.05) is 16.3 Å². The standard InChI is InChI=1S/C15H17FN4O4S/c1-3-8-20-14(21)7-6-12(18-20)15(22)17-10-4-5-11(16)13(9-10)19-25(2,23)24/h4-7,9,19H,3,8H2,1-2H3,(H,17,22). The summed E-state index contributed by atoms with van der Waals surface area (Å²) in [5.74, 6) is -1.39. The van der Waals surface area contributed by atoms with Crippen LogP contribution in [0.4, 0.5) is 15.8 Å². The first kappa shape index (κ1) is 18.6. The predicted molar refractivity (Wildman–Crippen MR) is 91.6 cm³/mol. The Balaban J connectivity index is 2.25. The van der Waals surface area contributed by atoms with E-state index < -0.39 is 21.7 Å². The molecular weight excluding hydrogens is 351 g/mol. The smallest absolute Gasteiger partial charge is 0.276 e.